The van der Waals surface area contributed by atoms with Gasteiger partial charge in [-0.05, 0) is 11.4 Å². The number of nitrogens with zero attached hydrogens (tertiary/aromatic N) is 4. The monoisotopic (exact) mass is 335 g/mol. The molecule has 0 bridgehead atoms. The van der Waals surface area contributed by atoms with Crippen LogP contribution in [-0.2, 0) is 17.9 Å². The Labute approximate surface area is 139 Å². The van der Waals surface area contributed by atoms with Crippen molar-refractivity contribution < 1.29 is 9.32 Å². The molecule has 0 spiro atoms. The summed E-state index contributed by atoms with van der Waals surface area (Å²) in [7, 11) is 0. The minimum Gasteiger partial charge on any atom is -0.350 e. The van der Waals surface area contributed by atoms with E-state index in [-0.39, 0.29) is 5.91 Å². The molecular formula is C15H21N5O2S. The van der Waals surface area contributed by atoms with Crippen molar-refractivity contribution in [2.24, 2.45) is 0 Å². The first-order valence-electron chi connectivity index (χ1n) is 7.72. The maximum absolute atomic E-state index is 12.0. The van der Waals surface area contributed by atoms with Gasteiger partial charge in [-0.15, -0.1) is 11.3 Å². The lowest BCUT2D eigenvalue weighted by Crippen LogP contribution is -2.49. The molecule has 0 aliphatic carbocycles. The number of aromatic nitrogens is 2. The fraction of sp³-hybridized carbons (Fsp3) is 0.533. The van der Waals surface area contributed by atoms with Crippen molar-refractivity contribution >= 4 is 17.2 Å². The second kappa shape index (κ2) is 7.67. The van der Waals surface area contributed by atoms with Gasteiger partial charge in [0.15, 0.2) is 5.82 Å². The molecule has 23 heavy (non-hydrogen) atoms. The predicted molar refractivity (Wildman–Crippen MR) is 86.9 cm³/mol. The second-order valence-corrected chi connectivity index (χ2v) is 6.67. The number of aryl methyl sites for hydroxylation is 1. The highest BCUT2D eigenvalue weighted by Crippen LogP contribution is 2.08. The predicted octanol–water partition coefficient (Wildman–Crippen LogP) is 0.874. The molecule has 1 N–H and O–H groups in total. The first-order valence-corrected chi connectivity index (χ1v) is 8.60. The van der Waals surface area contributed by atoms with Crippen LogP contribution in [0.3, 0.4) is 0 Å². The van der Waals surface area contributed by atoms with Crippen molar-refractivity contribution in [1.82, 2.24) is 25.3 Å². The number of carbonyl (C=O) groups is 1. The van der Waals surface area contributed by atoms with Crippen LogP contribution in [-0.4, -0.2) is 58.6 Å². The van der Waals surface area contributed by atoms with Crippen molar-refractivity contribution in [1.29, 1.82) is 0 Å². The number of nitrogens with one attached hydrogen (secondary N) is 1. The van der Waals surface area contributed by atoms with Gasteiger partial charge in [0.25, 0.3) is 0 Å². The van der Waals surface area contributed by atoms with E-state index in [1.807, 2.05) is 17.5 Å². The third kappa shape index (κ3) is 4.85. The van der Waals surface area contributed by atoms with Gasteiger partial charge in [-0.3, -0.25) is 14.6 Å². The van der Waals surface area contributed by atoms with Gasteiger partial charge in [0.2, 0.25) is 11.8 Å². The Balaban J connectivity index is 1.36. The molecule has 2 aromatic heterocycles. The number of carbonyl (C=O) groups excluding carboxylic acids is 1. The normalized spacial score (nSPS) is 16.6. The molecule has 1 amide bonds. The Morgan fingerprint density at radius 2 is 2.13 bits per heavy atom. The van der Waals surface area contributed by atoms with Gasteiger partial charge in [0, 0.05) is 38.0 Å². The van der Waals surface area contributed by atoms with Crippen LogP contribution in [0.4, 0.5) is 0 Å². The fourth-order valence-electron chi connectivity index (χ4n) is 2.57. The third-order valence-electron chi connectivity index (χ3n) is 3.81. The van der Waals surface area contributed by atoms with Crippen LogP contribution < -0.4 is 5.32 Å². The average Bonchev–Trinajstić information content (AvgIpc) is 3.19. The average molecular weight is 335 g/mol. The molecule has 2 aromatic rings. The van der Waals surface area contributed by atoms with Crippen molar-refractivity contribution in [2.45, 2.75) is 20.0 Å². The van der Waals surface area contributed by atoms with Gasteiger partial charge in [-0.25, -0.2) is 0 Å². The summed E-state index contributed by atoms with van der Waals surface area (Å²) in [6, 6.07) is 4.03. The first kappa shape index (κ1) is 16.1. The minimum absolute atomic E-state index is 0.0839. The molecule has 1 aliphatic heterocycles. The maximum atomic E-state index is 12.0. The minimum atomic E-state index is 0.0839. The highest BCUT2D eigenvalue weighted by Gasteiger charge is 2.20. The van der Waals surface area contributed by atoms with Crippen LogP contribution in [0.2, 0.25) is 0 Å². The molecule has 0 atom stereocenters. The summed E-state index contributed by atoms with van der Waals surface area (Å²) in [5.74, 6) is 1.41. The molecular weight excluding hydrogens is 314 g/mol. The van der Waals surface area contributed by atoms with Crippen LogP contribution in [0.25, 0.3) is 0 Å². The molecule has 0 saturated carbocycles. The van der Waals surface area contributed by atoms with E-state index in [4.69, 9.17) is 4.52 Å². The maximum Gasteiger partial charge on any atom is 0.234 e. The third-order valence-corrected chi connectivity index (χ3v) is 4.68. The summed E-state index contributed by atoms with van der Waals surface area (Å²) in [5, 5.41) is 8.91. The number of hydrogen-bond acceptors (Lipinski definition) is 7. The van der Waals surface area contributed by atoms with Crippen LogP contribution in [0.15, 0.2) is 22.0 Å². The lowest BCUT2D eigenvalue weighted by atomic mass is 10.3. The molecule has 8 heteroatoms. The van der Waals surface area contributed by atoms with Crippen molar-refractivity contribution in [3.8, 4) is 0 Å². The van der Waals surface area contributed by atoms with Crippen LogP contribution in [0.5, 0.6) is 0 Å². The Morgan fingerprint density at radius 1 is 1.35 bits per heavy atom. The molecule has 0 radical (unpaired) electrons. The molecule has 0 aromatic carbocycles. The number of rotatable bonds is 6. The number of amides is 1. The van der Waals surface area contributed by atoms with Gasteiger partial charge in [0.05, 0.1) is 19.6 Å². The SMILES string of the molecule is Cc1nc(CN2CCN(CC(=O)NCc3cccs3)CC2)no1. The van der Waals surface area contributed by atoms with E-state index >= 15 is 0 Å². The van der Waals surface area contributed by atoms with E-state index in [2.05, 4.69) is 25.3 Å². The van der Waals surface area contributed by atoms with E-state index in [9.17, 15) is 4.79 Å². The van der Waals surface area contributed by atoms with Crippen molar-refractivity contribution in [2.75, 3.05) is 32.7 Å². The zero-order valence-electron chi connectivity index (χ0n) is 13.2. The molecule has 3 heterocycles. The smallest absolute Gasteiger partial charge is 0.234 e. The first-order chi connectivity index (χ1) is 11.2. The topological polar surface area (TPSA) is 74.5 Å². The summed E-state index contributed by atoms with van der Waals surface area (Å²) in [6.07, 6.45) is 0. The van der Waals surface area contributed by atoms with Gasteiger partial charge >= 0.3 is 0 Å². The summed E-state index contributed by atoms with van der Waals surface area (Å²) in [4.78, 5) is 21.9. The van der Waals surface area contributed by atoms with Gasteiger partial charge in [-0.2, -0.15) is 4.98 Å². The standard InChI is InChI=1S/C15H21N5O2S/c1-12-17-14(18-22-12)10-19-4-6-20(7-5-19)11-15(21)16-9-13-3-2-8-23-13/h2-3,8H,4-7,9-11H2,1H3,(H,16,21). The lowest BCUT2D eigenvalue weighted by molar-refractivity contribution is -0.122. The molecule has 0 unspecified atom stereocenters. The molecule has 1 fully saturated rings. The fourth-order valence-corrected chi connectivity index (χ4v) is 3.21. The molecule has 1 aliphatic rings. The molecule has 124 valence electrons. The Hall–Kier alpha value is -1.77. The van der Waals surface area contributed by atoms with E-state index in [0.29, 0.717) is 25.5 Å². The summed E-state index contributed by atoms with van der Waals surface area (Å²) in [5.41, 5.74) is 0. The number of thiophene rings is 1. The number of piperazine rings is 1. The van der Waals surface area contributed by atoms with Crippen LogP contribution in [0.1, 0.15) is 16.6 Å². The Bertz CT molecular complexity index is 620. The van der Waals surface area contributed by atoms with E-state index in [1.165, 1.54) is 4.88 Å². The largest absolute Gasteiger partial charge is 0.350 e. The molecule has 3 rings (SSSR count). The quantitative estimate of drug-likeness (QED) is 0.844. The highest BCUT2D eigenvalue weighted by atomic mass is 32.1. The van der Waals surface area contributed by atoms with Crippen molar-refractivity contribution in [3.05, 3.63) is 34.1 Å². The zero-order chi connectivity index (χ0) is 16.1. The summed E-state index contributed by atoms with van der Waals surface area (Å²) in [6.45, 7) is 7.15. The Morgan fingerprint density at radius 3 is 2.78 bits per heavy atom. The second-order valence-electron chi connectivity index (χ2n) is 5.64. The van der Waals surface area contributed by atoms with Crippen molar-refractivity contribution in [3.63, 3.8) is 0 Å². The molecule has 1 saturated heterocycles. The zero-order valence-corrected chi connectivity index (χ0v) is 14.0. The van der Waals surface area contributed by atoms with Gasteiger partial charge in [-0.1, -0.05) is 11.2 Å². The molecule has 7 nitrogen and oxygen atoms in total. The van der Waals surface area contributed by atoms with Crippen LogP contribution in [0, 0.1) is 6.92 Å². The summed E-state index contributed by atoms with van der Waals surface area (Å²) >= 11 is 1.66. The number of hydrogen-bond donors (Lipinski definition) is 1. The van der Waals surface area contributed by atoms with Gasteiger partial charge in [0.1, 0.15) is 0 Å². The van der Waals surface area contributed by atoms with E-state index in [1.54, 1.807) is 18.3 Å². The van der Waals surface area contributed by atoms with E-state index in [0.717, 1.165) is 32.0 Å². The van der Waals surface area contributed by atoms with Crippen LogP contribution >= 0.6 is 11.3 Å². The Kier molecular flexibility index (Phi) is 5.37. The van der Waals surface area contributed by atoms with E-state index < -0.39 is 0 Å². The summed E-state index contributed by atoms with van der Waals surface area (Å²) < 4.78 is 4.99. The highest BCUT2D eigenvalue weighted by molar-refractivity contribution is 7.09. The van der Waals surface area contributed by atoms with Gasteiger partial charge < -0.3 is 9.84 Å². The lowest BCUT2D eigenvalue weighted by Gasteiger charge is -2.33.